The summed E-state index contributed by atoms with van der Waals surface area (Å²) in [6.07, 6.45) is 9.21. The topological polar surface area (TPSA) is 60.0 Å². The first kappa shape index (κ1) is 24.6. The highest BCUT2D eigenvalue weighted by Gasteiger charge is 2.18. The highest BCUT2D eigenvalue weighted by Crippen LogP contribution is 2.31. The van der Waals surface area contributed by atoms with Gasteiger partial charge in [-0.25, -0.2) is 0 Å². The summed E-state index contributed by atoms with van der Waals surface area (Å²) in [6.45, 7) is 7.28. The number of piperazine rings is 1. The number of fused-ring (bicyclic) bond motifs is 2. The van der Waals surface area contributed by atoms with Gasteiger partial charge >= 0.3 is 0 Å². The van der Waals surface area contributed by atoms with Crippen molar-refractivity contribution in [1.29, 1.82) is 0 Å². The predicted octanol–water partition coefficient (Wildman–Crippen LogP) is 4.65. The number of amidine groups is 1. The molecule has 0 unspecified atom stereocenters. The molecule has 2 heterocycles. The van der Waals surface area contributed by atoms with Crippen molar-refractivity contribution in [3.05, 3.63) is 106 Å². The van der Waals surface area contributed by atoms with E-state index in [4.69, 9.17) is 0 Å². The molecule has 1 fully saturated rings. The van der Waals surface area contributed by atoms with Gasteiger partial charge in [0.25, 0.3) is 5.91 Å². The predicted molar refractivity (Wildman–Crippen MR) is 153 cm³/mol. The van der Waals surface area contributed by atoms with Crippen LogP contribution in [0.1, 0.15) is 30.8 Å². The number of rotatable bonds is 8. The second kappa shape index (κ2) is 12.2. The number of carbonyl (C=O) groups excluding carboxylic acids is 1. The molecule has 5 rings (SSSR count). The van der Waals surface area contributed by atoms with Crippen LogP contribution in [-0.4, -0.2) is 60.8 Å². The minimum Gasteiger partial charge on any atom is -0.368 e. The van der Waals surface area contributed by atoms with Gasteiger partial charge in [0.1, 0.15) is 5.84 Å². The van der Waals surface area contributed by atoms with Crippen molar-refractivity contribution in [2.75, 3.05) is 39.3 Å². The van der Waals surface area contributed by atoms with E-state index in [2.05, 4.69) is 73.4 Å². The third-order valence-corrected chi connectivity index (χ3v) is 7.41. The van der Waals surface area contributed by atoms with Crippen molar-refractivity contribution >= 4 is 23.7 Å². The maximum atomic E-state index is 12.8. The zero-order chi connectivity index (χ0) is 24.6. The molecule has 190 valence electrons. The van der Waals surface area contributed by atoms with Crippen molar-refractivity contribution in [3.63, 3.8) is 0 Å². The number of amides is 1. The molecule has 2 bridgehead atoms. The lowest BCUT2D eigenvalue weighted by Crippen LogP contribution is -2.45. The molecule has 1 amide bonds. The van der Waals surface area contributed by atoms with E-state index in [0.29, 0.717) is 18.7 Å². The smallest absolute Gasteiger partial charge is 0.251 e. The molecule has 2 N–H and O–H groups in total. The number of hydrogen-bond acceptors (Lipinski definition) is 6. The van der Waals surface area contributed by atoms with Gasteiger partial charge in [-0.1, -0.05) is 66.8 Å². The van der Waals surface area contributed by atoms with E-state index in [1.165, 1.54) is 33.6 Å². The van der Waals surface area contributed by atoms with Crippen LogP contribution in [0.2, 0.25) is 0 Å². The maximum absolute atomic E-state index is 12.8. The van der Waals surface area contributed by atoms with Crippen molar-refractivity contribution in [3.8, 4) is 0 Å². The van der Waals surface area contributed by atoms with Crippen LogP contribution in [0.15, 0.2) is 93.8 Å². The molecule has 1 aliphatic carbocycles. The normalized spacial score (nSPS) is 18.1. The monoisotopic (exact) mass is 503 g/mol. The van der Waals surface area contributed by atoms with Crippen LogP contribution in [0.4, 0.5) is 0 Å². The van der Waals surface area contributed by atoms with Gasteiger partial charge in [-0.2, -0.15) is 4.40 Å². The Kier molecular flexibility index (Phi) is 8.33. The number of nitrogens with one attached hydrogen (secondary N) is 2. The highest BCUT2D eigenvalue weighted by atomic mass is 32.2. The van der Waals surface area contributed by atoms with Gasteiger partial charge < -0.3 is 10.6 Å². The minimum absolute atomic E-state index is 0. The third-order valence-electron chi connectivity index (χ3n) is 6.63. The first-order valence-corrected chi connectivity index (χ1v) is 13.4. The Morgan fingerprint density at radius 2 is 1.61 bits per heavy atom. The molecule has 1 saturated heterocycles. The lowest BCUT2D eigenvalue weighted by molar-refractivity contribution is 0.0954. The van der Waals surface area contributed by atoms with Gasteiger partial charge in [-0.15, -0.1) is 0 Å². The summed E-state index contributed by atoms with van der Waals surface area (Å²) in [5.74, 6) is 0.872. The second-order valence-corrected chi connectivity index (χ2v) is 10.2. The van der Waals surface area contributed by atoms with Gasteiger partial charge in [-0.3, -0.25) is 14.6 Å². The lowest BCUT2D eigenvalue weighted by atomic mass is 10.1. The quantitative estimate of drug-likeness (QED) is 0.406. The first-order chi connectivity index (χ1) is 17.7. The average Bonchev–Trinajstić information content (AvgIpc) is 3.11. The summed E-state index contributed by atoms with van der Waals surface area (Å²) in [6, 6.07) is 18.7. The number of nitrogens with zero attached hydrogens (tertiary/aromatic N) is 3. The summed E-state index contributed by atoms with van der Waals surface area (Å²) in [5, 5.41) is 6.41. The van der Waals surface area contributed by atoms with Crippen LogP contribution in [0.5, 0.6) is 0 Å². The van der Waals surface area contributed by atoms with Crippen LogP contribution in [-0.2, 0) is 13.1 Å². The third kappa shape index (κ3) is 6.75. The number of hydrogen-bond donors (Lipinski definition) is 2. The molecule has 0 spiro atoms. The second-order valence-electron chi connectivity index (χ2n) is 9.34. The Labute approximate surface area is 221 Å². The highest BCUT2D eigenvalue weighted by molar-refractivity contribution is 8.02. The Balaban J connectivity index is 0.00000200. The van der Waals surface area contributed by atoms with Crippen molar-refractivity contribution < 1.29 is 7.65 Å². The standard InChI is InChI=1S/C29H33N5OS.2H2/c35-29(31-14-13-30-28-25-10-4-5-12-27(20-25)36-32-28)26-11-6-9-24(19-26)22-34-17-15-33(16-18-34)21-23-7-2-1-3-8-23;;/h1-12,19H,13-18,20-22H2,(H,30,32)(H,31,35);2*1H. The van der Waals surface area contributed by atoms with Crippen molar-refractivity contribution in [1.82, 2.24) is 20.4 Å². The Morgan fingerprint density at radius 1 is 0.889 bits per heavy atom. The Morgan fingerprint density at radius 3 is 2.42 bits per heavy atom. The van der Waals surface area contributed by atoms with E-state index in [0.717, 1.165) is 51.5 Å². The van der Waals surface area contributed by atoms with Gasteiger partial charge in [0.15, 0.2) is 0 Å². The molecule has 36 heavy (non-hydrogen) atoms. The fraction of sp³-hybridized carbons (Fsp3) is 0.310. The fourth-order valence-electron chi connectivity index (χ4n) is 4.65. The first-order valence-electron chi connectivity index (χ1n) is 12.6. The van der Waals surface area contributed by atoms with E-state index >= 15 is 0 Å². The maximum Gasteiger partial charge on any atom is 0.251 e. The number of benzene rings is 2. The van der Waals surface area contributed by atoms with Gasteiger partial charge in [0, 0.05) is 89.6 Å². The SMILES string of the molecule is O=C(NCCNC1=NSC2=CC=CC=C1C2)c1cccc(CN2CCN(Cc3ccccc3)CC2)c1.[HH].[HH]. The molecular weight excluding hydrogens is 466 g/mol. The summed E-state index contributed by atoms with van der Waals surface area (Å²) in [5.41, 5.74) is 4.46. The molecule has 2 aromatic rings. The molecule has 2 aliphatic heterocycles. The van der Waals surface area contributed by atoms with Crippen LogP contribution in [0, 0.1) is 0 Å². The molecular formula is C29H37N5OS. The van der Waals surface area contributed by atoms with Gasteiger partial charge in [-0.05, 0) is 23.3 Å². The summed E-state index contributed by atoms with van der Waals surface area (Å²) >= 11 is 1.52. The summed E-state index contributed by atoms with van der Waals surface area (Å²) in [4.78, 5) is 19.0. The molecule has 0 atom stereocenters. The molecule has 6 nitrogen and oxygen atoms in total. The van der Waals surface area contributed by atoms with Crippen LogP contribution >= 0.6 is 11.9 Å². The van der Waals surface area contributed by atoms with Crippen molar-refractivity contribution in [2.45, 2.75) is 19.5 Å². The molecule has 7 heteroatoms. The fourth-order valence-corrected chi connectivity index (χ4v) is 5.40. The van der Waals surface area contributed by atoms with E-state index < -0.39 is 0 Å². The largest absolute Gasteiger partial charge is 0.368 e. The van der Waals surface area contributed by atoms with Gasteiger partial charge in [0.05, 0.1) is 0 Å². The van der Waals surface area contributed by atoms with Crippen LogP contribution in [0.25, 0.3) is 0 Å². The van der Waals surface area contributed by atoms with Crippen molar-refractivity contribution in [2.24, 2.45) is 4.40 Å². The Hall–Kier alpha value is -3.13. The summed E-state index contributed by atoms with van der Waals surface area (Å²) < 4.78 is 4.57. The minimum atomic E-state index is -0.0341. The van der Waals surface area contributed by atoms with E-state index in [-0.39, 0.29) is 8.76 Å². The average molecular weight is 504 g/mol. The van der Waals surface area contributed by atoms with Crippen LogP contribution in [0.3, 0.4) is 0 Å². The van der Waals surface area contributed by atoms with E-state index in [1.807, 2.05) is 30.4 Å². The zero-order valence-electron chi connectivity index (χ0n) is 20.5. The van der Waals surface area contributed by atoms with E-state index in [9.17, 15) is 4.79 Å². The summed E-state index contributed by atoms with van der Waals surface area (Å²) in [7, 11) is 0. The molecule has 3 aliphatic rings. The molecule has 2 aromatic carbocycles. The number of carbonyl (C=O) groups is 1. The number of allylic oxidation sites excluding steroid dienone is 5. The zero-order valence-corrected chi connectivity index (χ0v) is 21.3. The molecule has 0 radical (unpaired) electrons. The van der Waals surface area contributed by atoms with E-state index in [1.54, 1.807) is 0 Å². The molecule has 0 aromatic heterocycles. The van der Waals surface area contributed by atoms with Gasteiger partial charge in [0.2, 0.25) is 0 Å². The van der Waals surface area contributed by atoms with Crippen LogP contribution < -0.4 is 10.6 Å². The lowest BCUT2D eigenvalue weighted by Gasteiger charge is -2.34. The molecule has 0 saturated carbocycles. The Bertz CT molecular complexity index is 1190.